The second-order valence-corrected chi connectivity index (χ2v) is 7.26. The molecule has 0 aromatic rings. The van der Waals surface area contributed by atoms with Gasteiger partial charge in [-0.25, -0.2) is 0 Å². The second kappa shape index (κ2) is 7.71. The Morgan fingerprint density at radius 3 is 2.29 bits per heavy atom. The third kappa shape index (κ3) is 4.19. The fourth-order valence-electron chi connectivity index (χ4n) is 3.54. The van der Waals surface area contributed by atoms with Crippen LogP contribution in [-0.2, 0) is 0 Å². The zero-order valence-electron chi connectivity index (χ0n) is 12.4. The van der Waals surface area contributed by atoms with Gasteiger partial charge in [-0.3, -0.25) is 0 Å². The van der Waals surface area contributed by atoms with E-state index in [1.165, 1.54) is 56.5 Å². The minimum atomic E-state index is 0.589. The maximum absolute atomic E-state index is 2.54. The minimum Gasteiger partial charge on any atom is -0.162 e. The van der Waals surface area contributed by atoms with E-state index in [-0.39, 0.29) is 0 Å². The van der Waals surface area contributed by atoms with Crippen LogP contribution in [0.15, 0.2) is 0 Å². The van der Waals surface area contributed by atoms with Crippen molar-refractivity contribution in [2.24, 2.45) is 17.3 Å². The van der Waals surface area contributed by atoms with E-state index in [2.05, 4.69) is 39.5 Å². The lowest BCUT2D eigenvalue weighted by Crippen LogP contribution is -2.32. The quantitative estimate of drug-likeness (QED) is 0.616. The van der Waals surface area contributed by atoms with Crippen molar-refractivity contribution in [2.45, 2.75) is 72.6 Å². The summed E-state index contributed by atoms with van der Waals surface area (Å²) in [5.74, 6) is 4.75. The maximum Gasteiger partial charge on any atom is -0.00646 e. The van der Waals surface area contributed by atoms with Gasteiger partial charge < -0.3 is 0 Å². The normalized spacial score (nSPS) is 28.2. The molecule has 1 heteroatoms. The molecule has 1 fully saturated rings. The molecule has 0 aliphatic carbocycles. The smallest absolute Gasteiger partial charge is 0.00646 e. The van der Waals surface area contributed by atoms with Crippen molar-refractivity contribution in [1.29, 1.82) is 0 Å². The fourth-order valence-corrected chi connectivity index (χ4v) is 4.57. The Bertz CT molecular complexity index is 196. The minimum absolute atomic E-state index is 0.589. The van der Waals surface area contributed by atoms with Crippen molar-refractivity contribution in [3.05, 3.63) is 0 Å². The van der Waals surface area contributed by atoms with Gasteiger partial charge in [-0.05, 0) is 41.6 Å². The summed E-state index contributed by atoms with van der Waals surface area (Å²) in [5, 5.41) is 0. The molecule has 0 aromatic carbocycles. The van der Waals surface area contributed by atoms with Gasteiger partial charge in [0, 0.05) is 0 Å². The standard InChI is InChI=1S/C16H32S/c1-5-14-10-8-9-12-17-13-11-15(14)16(4,6-2)7-3/h14-15H,5-13H2,1-4H3. The second-order valence-electron chi connectivity index (χ2n) is 6.03. The van der Waals surface area contributed by atoms with E-state index in [0.717, 1.165) is 11.8 Å². The Labute approximate surface area is 113 Å². The van der Waals surface area contributed by atoms with Crippen molar-refractivity contribution in [3.8, 4) is 0 Å². The van der Waals surface area contributed by atoms with E-state index < -0.39 is 0 Å². The van der Waals surface area contributed by atoms with E-state index in [4.69, 9.17) is 0 Å². The predicted octanol–water partition coefficient (Wildman–Crippen LogP) is 5.76. The summed E-state index contributed by atoms with van der Waals surface area (Å²) in [4.78, 5) is 0. The van der Waals surface area contributed by atoms with Gasteiger partial charge in [0.15, 0.2) is 0 Å². The molecule has 1 rings (SSSR count). The topological polar surface area (TPSA) is 0 Å². The molecule has 1 heterocycles. The van der Waals surface area contributed by atoms with E-state index in [1.54, 1.807) is 0 Å². The molecule has 102 valence electrons. The third-order valence-electron chi connectivity index (χ3n) is 5.29. The van der Waals surface area contributed by atoms with Gasteiger partial charge in [-0.2, -0.15) is 11.8 Å². The van der Waals surface area contributed by atoms with E-state index in [1.807, 2.05) is 0 Å². The Kier molecular flexibility index (Phi) is 6.99. The van der Waals surface area contributed by atoms with Crippen molar-refractivity contribution < 1.29 is 0 Å². The first kappa shape index (κ1) is 15.4. The summed E-state index contributed by atoms with van der Waals surface area (Å²) in [5.41, 5.74) is 0.589. The summed E-state index contributed by atoms with van der Waals surface area (Å²) in [6, 6.07) is 0. The molecule has 0 amide bonds. The van der Waals surface area contributed by atoms with Crippen LogP contribution in [0.2, 0.25) is 0 Å². The summed E-state index contributed by atoms with van der Waals surface area (Å²) in [6.45, 7) is 9.75. The zero-order valence-corrected chi connectivity index (χ0v) is 13.2. The van der Waals surface area contributed by atoms with Crippen molar-refractivity contribution in [3.63, 3.8) is 0 Å². The molecule has 0 N–H and O–H groups in total. The highest BCUT2D eigenvalue weighted by molar-refractivity contribution is 7.99. The van der Waals surface area contributed by atoms with Crippen molar-refractivity contribution >= 4 is 11.8 Å². The average molecular weight is 256 g/mol. The Hall–Kier alpha value is 0.350. The van der Waals surface area contributed by atoms with E-state index in [0.29, 0.717) is 5.41 Å². The summed E-state index contributed by atoms with van der Waals surface area (Å²) < 4.78 is 0. The number of hydrogen-bond acceptors (Lipinski definition) is 1. The molecule has 0 spiro atoms. The predicted molar refractivity (Wildman–Crippen MR) is 81.8 cm³/mol. The van der Waals surface area contributed by atoms with Crippen LogP contribution in [0.4, 0.5) is 0 Å². The van der Waals surface area contributed by atoms with Gasteiger partial charge in [0.1, 0.15) is 0 Å². The van der Waals surface area contributed by atoms with Crippen LogP contribution in [0, 0.1) is 17.3 Å². The molecule has 0 aromatic heterocycles. The highest BCUT2D eigenvalue weighted by Gasteiger charge is 2.35. The average Bonchev–Trinajstić information content (AvgIpc) is 2.49. The van der Waals surface area contributed by atoms with Crippen molar-refractivity contribution in [1.82, 2.24) is 0 Å². The third-order valence-corrected chi connectivity index (χ3v) is 6.39. The highest BCUT2D eigenvalue weighted by atomic mass is 32.2. The molecular weight excluding hydrogens is 224 g/mol. The molecule has 1 aliphatic heterocycles. The van der Waals surface area contributed by atoms with Crippen LogP contribution in [-0.4, -0.2) is 11.5 Å². The Balaban J connectivity index is 2.78. The number of hydrogen-bond donors (Lipinski definition) is 0. The monoisotopic (exact) mass is 256 g/mol. The molecular formula is C16H32S. The van der Waals surface area contributed by atoms with E-state index >= 15 is 0 Å². The molecule has 0 radical (unpaired) electrons. The number of thioether (sulfide) groups is 1. The van der Waals surface area contributed by atoms with Gasteiger partial charge in [0.25, 0.3) is 0 Å². The zero-order chi connectivity index (χ0) is 12.7. The van der Waals surface area contributed by atoms with Crippen LogP contribution < -0.4 is 0 Å². The van der Waals surface area contributed by atoms with Gasteiger partial charge >= 0.3 is 0 Å². The van der Waals surface area contributed by atoms with Gasteiger partial charge in [-0.1, -0.05) is 59.8 Å². The van der Waals surface area contributed by atoms with Crippen LogP contribution >= 0.6 is 11.8 Å². The molecule has 0 nitrogen and oxygen atoms in total. The lowest BCUT2D eigenvalue weighted by molar-refractivity contribution is 0.0938. The van der Waals surface area contributed by atoms with Gasteiger partial charge in [-0.15, -0.1) is 0 Å². The molecule has 0 bridgehead atoms. The van der Waals surface area contributed by atoms with Crippen molar-refractivity contribution in [2.75, 3.05) is 11.5 Å². The van der Waals surface area contributed by atoms with Crippen LogP contribution in [0.25, 0.3) is 0 Å². The fraction of sp³-hybridized carbons (Fsp3) is 1.00. The Morgan fingerprint density at radius 1 is 1.00 bits per heavy atom. The summed E-state index contributed by atoms with van der Waals surface area (Å²) >= 11 is 2.20. The molecule has 1 aliphatic rings. The maximum atomic E-state index is 2.54. The lowest BCUT2D eigenvalue weighted by Gasteiger charge is -2.41. The first-order valence-corrected chi connectivity index (χ1v) is 8.91. The largest absolute Gasteiger partial charge is 0.162 e. The molecule has 1 saturated heterocycles. The van der Waals surface area contributed by atoms with Crippen LogP contribution in [0.1, 0.15) is 72.6 Å². The van der Waals surface area contributed by atoms with E-state index in [9.17, 15) is 0 Å². The summed E-state index contributed by atoms with van der Waals surface area (Å²) in [6.07, 6.45) is 9.96. The van der Waals surface area contributed by atoms with Crippen LogP contribution in [0.5, 0.6) is 0 Å². The Morgan fingerprint density at radius 2 is 1.71 bits per heavy atom. The SMILES string of the molecule is CCC1CCCCSCCC1C(C)(CC)CC. The lowest BCUT2D eigenvalue weighted by atomic mass is 9.64. The van der Waals surface area contributed by atoms with Gasteiger partial charge in [0.05, 0.1) is 0 Å². The molecule has 17 heavy (non-hydrogen) atoms. The first-order chi connectivity index (χ1) is 8.18. The van der Waals surface area contributed by atoms with Gasteiger partial charge in [0.2, 0.25) is 0 Å². The van der Waals surface area contributed by atoms with Crippen LogP contribution in [0.3, 0.4) is 0 Å². The first-order valence-electron chi connectivity index (χ1n) is 7.75. The summed E-state index contributed by atoms with van der Waals surface area (Å²) in [7, 11) is 0. The highest BCUT2D eigenvalue weighted by Crippen LogP contribution is 2.45. The number of rotatable bonds is 4. The molecule has 2 atom stereocenters. The molecule has 0 saturated carbocycles. The molecule has 2 unspecified atom stereocenters.